The summed E-state index contributed by atoms with van der Waals surface area (Å²) in [4.78, 5) is 9.67. The Morgan fingerprint density at radius 1 is 1.25 bits per heavy atom. The van der Waals surface area contributed by atoms with Crippen LogP contribution in [0.25, 0.3) is 0 Å². The number of hydrogen-bond acceptors (Lipinski definition) is 1. The van der Waals surface area contributed by atoms with E-state index in [1.807, 2.05) is 0 Å². The van der Waals surface area contributed by atoms with Crippen molar-refractivity contribution in [2.45, 2.75) is 0 Å². The number of rotatable bonds is 1. The topological polar surface area (TPSA) is 17.1 Å². The Hall–Kier alpha value is -0.735. The van der Waals surface area contributed by atoms with Crippen molar-refractivity contribution in [2.24, 2.45) is 0 Å². The van der Waals surface area contributed by atoms with Crippen LogP contribution in [0.3, 0.4) is 0 Å². The van der Waals surface area contributed by atoms with Gasteiger partial charge in [-0.25, -0.2) is 0 Å². The molecule has 0 heterocycles. The zero-order valence-electron chi connectivity index (χ0n) is 4.04. The average Bonchev–Trinajstić information content (AvgIpc) is 1.64. The highest BCUT2D eigenvalue weighted by molar-refractivity contribution is 6.61. The Balaban J connectivity index is 4.23. The van der Waals surface area contributed by atoms with Crippen LogP contribution in [0.1, 0.15) is 0 Å². The van der Waals surface area contributed by atoms with Gasteiger partial charge >= 0.3 is 6.08 Å². The van der Waals surface area contributed by atoms with Crippen molar-refractivity contribution in [2.75, 3.05) is 0 Å². The first-order valence-corrected chi connectivity index (χ1v) is 1.77. The third kappa shape index (κ3) is 1.81. The van der Waals surface area contributed by atoms with Crippen molar-refractivity contribution < 1.29 is 18.0 Å². The molecule has 0 radical (unpaired) electrons. The SMILES string of the molecule is BC(=O)C(F)=C(F)F. The first-order valence-electron chi connectivity index (χ1n) is 1.77. The number of carbonyl (C=O) groups is 1. The zero-order chi connectivity index (χ0) is 6.73. The summed E-state index contributed by atoms with van der Waals surface area (Å²) in [6.45, 7) is 0. The molecule has 0 aromatic carbocycles. The maximum atomic E-state index is 11.4. The van der Waals surface area contributed by atoms with E-state index in [-0.39, 0.29) is 0 Å². The van der Waals surface area contributed by atoms with Crippen molar-refractivity contribution >= 4 is 13.5 Å². The Bertz CT molecular complexity index is 137. The summed E-state index contributed by atoms with van der Waals surface area (Å²) in [6, 6.07) is 0. The van der Waals surface area contributed by atoms with Gasteiger partial charge in [-0.15, -0.1) is 0 Å². The Kier molecular flexibility index (Phi) is 2.31. The fourth-order valence-electron chi connectivity index (χ4n) is 0.133. The molecule has 0 saturated carbocycles. The number of allylic oxidation sites excluding steroid dienone is 1. The molecule has 1 nitrogen and oxygen atoms in total. The van der Waals surface area contributed by atoms with Crippen LogP contribution in [0.4, 0.5) is 13.2 Å². The molecular weight excluding hydrogens is 120 g/mol. The summed E-state index contributed by atoms with van der Waals surface area (Å²) in [5, 5.41) is 0. The first-order chi connectivity index (χ1) is 3.55. The molecule has 0 aromatic rings. The lowest BCUT2D eigenvalue weighted by Crippen LogP contribution is -1.96. The van der Waals surface area contributed by atoms with Crippen LogP contribution >= 0.6 is 0 Å². The van der Waals surface area contributed by atoms with Crippen molar-refractivity contribution in [3.63, 3.8) is 0 Å². The minimum atomic E-state index is -2.56. The van der Waals surface area contributed by atoms with Crippen molar-refractivity contribution in [3.8, 4) is 0 Å². The summed E-state index contributed by atoms with van der Waals surface area (Å²) < 4.78 is 33.4. The van der Waals surface area contributed by atoms with Crippen LogP contribution < -0.4 is 0 Å². The van der Waals surface area contributed by atoms with Gasteiger partial charge in [-0.05, 0) is 0 Å². The molecule has 44 valence electrons. The maximum absolute atomic E-state index is 11.4. The van der Waals surface area contributed by atoms with Crippen molar-refractivity contribution in [1.29, 1.82) is 0 Å². The van der Waals surface area contributed by atoms with E-state index >= 15 is 0 Å². The molecule has 0 spiro atoms. The van der Waals surface area contributed by atoms with Crippen LogP contribution in [0.5, 0.6) is 0 Å². The van der Waals surface area contributed by atoms with E-state index in [4.69, 9.17) is 0 Å². The highest BCUT2D eigenvalue weighted by atomic mass is 19.3. The van der Waals surface area contributed by atoms with Gasteiger partial charge in [0.15, 0.2) is 7.85 Å². The molecule has 0 N–H and O–H groups in total. The third-order valence-corrected chi connectivity index (χ3v) is 0.475. The van der Waals surface area contributed by atoms with E-state index in [1.165, 1.54) is 0 Å². The lowest BCUT2D eigenvalue weighted by Gasteiger charge is -1.82. The van der Waals surface area contributed by atoms with Crippen LogP contribution in [0, 0.1) is 0 Å². The predicted octanol–water partition coefficient (Wildman–Crippen LogP) is 0.224. The van der Waals surface area contributed by atoms with Gasteiger partial charge in [0.2, 0.25) is 5.83 Å². The summed E-state index contributed by atoms with van der Waals surface area (Å²) in [5.41, 5.74) is -1.25. The second kappa shape index (κ2) is 2.54. The van der Waals surface area contributed by atoms with E-state index in [2.05, 4.69) is 0 Å². The quantitative estimate of drug-likeness (QED) is 0.359. The van der Waals surface area contributed by atoms with Gasteiger partial charge in [0, 0.05) is 0 Å². The second-order valence-electron chi connectivity index (χ2n) is 1.13. The summed E-state index contributed by atoms with van der Waals surface area (Å²) in [6.07, 6.45) is -2.56. The van der Waals surface area contributed by atoms with Gasteiger partial charge < -0.3 is 4.79 Å². The molecule has 0 saturated heterocycles. The highest BCUT2D eigenvalue weighted by Crippen LogP contribution is 2.07. The van der Waals surface area contributed by atoms with Gasteiger partial charge in [-0.1, -0.05) is 0 Å². The van der Waals surface area contributed by atoms with E-state index in [9.17, 15) is 18.0 Å². The molecule has 0 rings (SSSR count). The van der Waals surface area contributed by atoms with Crippen LogP contribution in [0.2, 0.25) is 0 Å². The molecule has 0 unspecified atom stereocenters. The monoisotopic (exact) mass is 122 g/mol. The third-order valence-electron chi connectivity index (χ3n) is 0.475. The van der Waals surface area contributed by atoms with Gasteiger partial charge in [0.1, 0.15) is 5.68 Å². The molecule has 0 atom stereocenters. The minimum absolute atomic E-state index is 0.731. The predicted molar refractivity (Wildman–Crippen MR) is 23.9 cm³/mol. The van der Waals surface area contributed by atoms with Gasteiger partial charge in [0.05, 0.1) is 0 Å². The molecule has 0 aliphatic rings. The lowest BCUT2D eigenvalue weighted by atomic mass is 10.0. The molecule has 0 aliphatic heterocycles. The molecule has 0 fully saturated rings. The summed E-state index contributed by atoms with van der Waals surface area (Å²) in [5.74, 6) is -1.95. The van der Waals surface area contributed by atoms with E-state index in [1.54, 1.807) is 0 Å². The minimum Gasteiger partial charge on any atom is -0.304 e. The molecule has 0 aromatic heterocycles. The van der Waals surface area contributed by atoms with Gasteiger partial charge in [0.25, 0.3) is 0 Å². The lowest BCUT2D eigenvalue weighted by molar-refractivity contribution is -0.110. The molecular formula is C3H2BF3O. The van der Waals surface area contributed by atoms with Gasteiger partial charge in [-0.2, -0.15) is 13.2 Å². The fourth-order valence-corrected chi connectivity index (χ4v) is 0.133. The van der Waals surface area contributed by atoms with Crippen LogP contribution in [-0.4, -0.2) is 13.5 Å². The second-order valence-corrected chi connectivity index (χ2v) is 1.13. The summed E-state index contributed by atoms with van der Waals surface area (Å²) >= 11 is 0. The van der Waals surface area contributed by atoms with E-state index in [0.717, 1.165) is 7.85 Å². The first kappa shape index (κ1) is 7.26. The van der Waals surface area contributed by atoms with Crippen LogP contribution in [-0.2, 0) is 4.79 Å². The molecule has 0 bridgehead atoms. The Morgan fingerprint density at radius 2 is 1.62 bits per heavy atom. The number of halogens is 3. The van der Waals surface area contributed by atoms with E-state index in [0.29, 0.717) is 0 Å². The van der Waals surface area contributed by atoms with Crippen molar-refractivity contribution in [3.05, 3.63) is 11.9 Å². The average molecular weight is 122 g/mol. The molecule has 8 heavy (non-hydrogen) atoms. The smallest absolute Gasteiger partial charge is 0.304 e. The zero-order valence-corrected chi connectivity index (χ0v) is 4.04. The standard InChI is InChI=1S/C3H2BF3O/c4-2(8)1(5)3(6)7/h4H2. The Morgan fingerprint density at radius 3 is 1.62 bits per heavy atom. The molecule has 5 heteroatoms. The Labute approximate surface area is 44.6 Å². The van der Waals surface area contributed by atoms with Gasteiger partial charge in [-0.3, -0.25) is 0 Å². The largest absolute Gasteiger partial charge is 0.308 e. The van der Waals surface area contributed by atoms with E-state index < -0.39 is 17.6 Å². The summed E-state index contributed by atoms with van der Waals surface area (Å²) in [7, 11) is 0.731. The number of hydrogen-bond donors (Lipinski definition) is 0. The highest BCUT2D eigenvalue weighted by Gasteiger charge is 2.08. The van der Waals surface area contributed by atoms with Crippen molar-refractivity contribution in [1.82, 2.24) is 0 Å². The molecule has 0 aliphatic carbocycles. The number of carbonyl (C=O) groups excluding carboxylic acids is 1. The maximum Gasteiger partial charge on any atom is 0.308 e. The van der Waals surface area contributed by atoms with Crippen LogP contribution in [0.15, 0.2) is 11.9 Å². The normalized spacial score (nSPS) is 8.38. The fraction of sp³-hybridized carbons (Fsp3) is 0. The molecule has 0 amide bonds.